The molecular formula is C10H8F4O3S. The average molecular weight is 284 g/mol. The lowest BCUT2D eigenvalue weighted by molar-refractivity contribution is -0.143. The van der Waals surface area contributed by atoms with Crippen LogP contribution in [0, 0.1) is 0 Å². The average Bonchev–Trinajstić information content (AvgIpc) is 2.51. The third-order valence-electron chi connectivity index (χ3n) is 2.83. The number of alkyl halides is 4. The van der Waals surface area contributed by atoms with Gasteiger partial charge in [-0.1, -0.05) is 12.1 Å². The Bertz CT molecular complexity index is 585. The third kappa shape index (κ3) is 1.63. The van der Waals surface area contributed by atoms with Gasteiger partial charge in [0.15, 0.2) is 12.2 Å². The molecule has 8 heteroatoms. The van der Waals surface area contributed by atoms with Gasteiger partial charge in [-0.3, -0.25) is 0 Å². The Balaban J connectivity index is 2.73. The van der Waals surface area contributed by atoms with E-state index in [4.69, 9.17) is 0 Å². The summed E-state index contributed by atoms with van der Waals surface area (Å²) < 4.78 is 75.1. The van der Waals surface area contributed by atoms with E-state index >= 15 is 0 Å². The number of fused-ring (bicyclic) bond motifs is 1. The van der Waals surface area contributed by atoms with Crippen molar-refractivity contribution in [2.75, 3.05) is 6.01 Å². The maximum atomic E-state index is 13.4. The minimum Gasteiger partial charge on any atom is -0.382 e. The lowest BCUT2D eigenvalue weighted by Gasteiger charge is -2.16. The van der Waals surface area contributed by atoms with Crippen molar-refractivity contribution < 1.29 is 31.1 Å². The van der Waals surface area contributed by atoms with Crippen LogP contribution in [0.1, 0.15) is 23.4 Å². The van der Waals surface area contributed by atoms with Gasteiger partial charge in [-0.05, 0) is 11.6 Å². The Kier molecular flexibility index (Phi) is 2.90. The molecule has 0 saturated carbocycles. The van der Waals surface area contributed by atoms with Crippen LogP contribution < -0.4 is 0 Å². The number of benzene rings is 1. The van der Waals surface area contributed by atoms with Crippen LogP contribution in [0.4, 0.5) is 17.6 Å². The predicted octanol–water partition coefficient (Wildman–Crippen LogP) is 2.08. The first-order chi connectivity index (χ1) is 8.23. The molecule has 1 aliphatic carbocycles. The van der Waals surface area contributed by atoms with Crippen LogP contribution in [-0.4, -0.2) is 25.5 Å². The molecule has 1 aromatic rings. The van der Waals surface area contributed by atoms with Crippen molar-refractivity contribution in [2.45, 2.75) is 23.1 Å². The normalized spacial score (nSPS) is 26.1. The first kappa shape index (κ1) is 13.3. The lowest BCUT2D eigenvalue weighted by atomic mass is 10.1. The van der Waals surface area contributed by atoms with E-state index in [0.717, 1.165) is 18.2 Å². The highest BCUT2D eigenvalue weighted by atomic mass is 32.2. The number of hydrogen-bond acceptors (Lipinski definition) is 3. The summed E-state index contributed by atoms with van der Waals surface area (Å²) in [6, 6.07) is 1.03. The molecule has 1 N–H and O–H groups in total. The second-order valence-corrected chi connectivity index (χ2v) is 5.81. The van der Waals surface area contributed by atoms with Gasteiger partial charge in [0.1, 0.15) is 6.10 Å². The molecule has 2 atom stereocenters. The van der Waals surface area contributed by atoms with E-state index < -0.39 is 50.1 Å². The predicted molar refractivity (Wildman–Crippen MR) is 53.4 cm³/mol. The maximum absolute atomic E-state index is 13.4. The van der Waals surface area contributed by atoms with Gasteiger partial charge in [-0.15, -0.1) is 0 Å². The van der Waals surface area contributed by atoms with Crippen molar-refractivity contribution in [3.63, 3.8) is 0 Å². The van der Waals surface area contributed by atoms with Crippen LogP contribution in [0.5, 0.6) is 0 Å². The number of halogens is 4. The fraction of sp³-hybridized carbons (Fsp3) is 0.400. The van der Waals surface area contributed by atoms with Gasteiger partial charge in [0.05, 0.1) is 4.90 Å². The molecule has 0 spiro atoms. The third-order valence-corrected chi connectivity index (χ3v) is 4.14. The summed E-state index contributed by atoms with van der Waals surface area (Å²) in [5.41, 5.74) is -1.38. The maximum Gasteiger partial charge on any atom is 0.312 e. The molecule has 3 nitrogen and oxygen atoms in total. The van der Waals surface area contributed by atoms with Crippen LogP contribution in [-0.2, 0) is 9.84 Å². The minimum absolute atomic E-state index is 0.623. The Morgan fingerprint density at radius 3 is 2.50 bits per heavy atom. The van der Waals surface area contributed by atoms with Gasteiger partial charge in [0.2, 0.25) is 9.84 Å². The minimum atomic E-state index is -4.46. The van der Waals surface area contributed by atoms with E-state index in [0.29, 0.717) is 0 Å². The largest absolute Gasteiger partial charge is 0.382 e. The van der Waals surface area contributed by atoms with E-state index in [1.807, 2.05) is 0 Å². The summed E-state index contributed by atoms with van der Waals surface area (Å²) in [6.45, 7) is 0. The second kappa shape index (κ2) is 3.92. The van der Waals surface area contributed by atoms with Crippen LogP contribution >= 0.6 is 0 Å². The van der Waals surface area contributed by atoms with Gasteiger partial charge < -0.3 is 5.11 Å². The Hall–Kier alpha value is -1.15. The molecule has 0 amide bonds. The monoisotopic (exact) mass is 284 g/mol. The summed E-state index contributed by atoms with van der Waals surface area (Å²) in [4.78, 5) is -0.796. The molecule has 0 bridgehead atoms. The molecule has 1 aliphatic rings. The van der Waals surface area contributed by atoms with Gasteiger partial charge in [0.25, 0.3) is 0 Å². The second-order valence-electron chi connectivity index (χ2n) is 3.92. The highest BCUT2D eigenvalue weighted by Crippen LogP contribution is 2.53. The van der Waals surface area contributed by atoms with Crippen LogP contribution in [0.2, 0.25) is 0 Å². The summed E-state index contributed by atoms with van der Waals surface area (Å²) >= 11 is 0. The molecule has 100 valence electrons. The molecule has 0 saturated heterocycles. The summed E-state index contributed by atoms with van der Waals surface area (Å²) in [5.74, 6) is -4.12. The van der Waals surface area contributed by atoms with Crippen LogP contribution in [0.3, 0.4) is 0 Å². The van der Waals surface area contributed by atoms with Crippen molar-refractivity contribution in [1.82, 2.24) is 0 Å². The summed E-state index contributed by atoms with van der Waals surface area (Å²) in [5, 5.41) is 9.34. The topological polar surface area (TPSA) is 54.4 Å². The SMILES string of the molecule is O=S(=O)(CF)c1cccc2c1C(O)C(F)(F)C2F. The van der Waals surface area contributed by atoms with Crippen LogP contribution in [0.25, 0.3) is 0 Å². The summed E-state index contributed by atoms with van der Waals surface area (Å²) in [6.07, 6.45) is -5.41. The van der Waals surface area contributed by atoms with Gasteiger partial charge in [-0.25, -0.2) is 17.2 Å². The molecule has 1 aromatic carbocycles. The van der Waals surface area contributed by atoms with Crippen molar-refractivity contribution in [2.24, 2.45) is 0 Å². The number of aliphatic hydroxyl groups excluding tert-OH is 1. The van der Waals surface area contributed by atoms with Crippen molar-refractivity contribution in [3.8, 4) is 0 Å². The number of sulfone groups is 1. The number of rotatable bonds is 2. The highest BCUT2D eigenvalue weighted by molar-refractivity contribution is 7.91. The van der Waals surface area contributed by atoms with Crippen LogP contribution in [0.15, 0.2) is 23.1 Å². The van der Waals surface area contributed by atoms with E-state index in [2.05, 4.69) is 0 Å². The molecule has 18 heavy (non-hydrogen) atoms. The van der Waals surface area contributed by atoms with Gasteiger partial charge >= 0.3 is 5.92 Å². The Labute approximate surface area is 100.0 Å². The smallest absolute Gasteiger partial charge is 0.312 e. The molecule has 0 fully saturated rings. The molecule has 0 heterocycles. The van der Waals surface area contributed by atoms with E-state index in [1.165, 1.54) is 0 Å². The van der Waals surface area contributed by atoms with Crippen molar-refractivity contribution in [3.05, 3.63) is 29.3 Å². The van der Waals surface area contributed by atoms with Crippen molar-refractivity contribution >= 4 is 9.84 Å². The quantitative estimate of drug-likeness (QED) is 0.846. The lowest BCUT2D eigenvalue weighted by Crippen LogP contribution is -2.24. The first-order valence-corrected chi connectivity index (χ1v) is 6.50. The fourth-order valence-corrected chi connectivity index (χ4v) is 2.91. The zero-order valence-corrected chi connectivity index (χ0v) is 9.59. The van der Waals surface area contributed by atoms with Gasteiger partial charge in [0, 0.05) is 5.56 Å². The fourth-order valence-electron chi connectivity index (χ4n) is 1.94. The standard InChI is InChI=1S/C10H8F4O3S/c11-4-18(16,17)6-3-1-2-5-7(6)9(15)10(13,14)8(5)12/h1-3,8-9,15H,4H2. The van der Waals surface area contributed by atoms with Crippen molar-refractivity contribution in [1.29, 1.82) is 0 Å². The zero-order valence-electron chi connectivity index (χ0n) is 8.78. The Morgan fingerprint density at radius 1 is 1.33 bits per heavy atom. The highest BCUT2D eigenvalue weighted by Gasteiger charge is 2.57. The molecule has 0 aromatic heterocycles. The van der Waals surface area contributed by atoms with E-state index in [1.54, 1.807) is 0 Å². The number of aliphatic hydroxyl groups is 1. The van der Waals surface area contributed by atoms with E-state index in [-0.39, 0.29) is 0 Å². The first-order valence-electron chi connectivity index (χ1n) is 4.85. The molecule has 2 rings (SSSR count). The number of hydrogen-bond donors (Lipinski definition) is 1. The zero-order chi connectivity index (χ0) is 13.7. The molecular weight excluding hydrogens is 276 g/mol. The van der Waals surface area contributed by atoms with E-state index in [9.17, 15) is 31.1 Å². The van der Waals surface area contributed by atoms with Gasteiger partial charge in [-0.2, -0.15) is 8.78 Å². The molecule has 0 radical (unpaired) electrons. The molecule has 0 aliphatic heterocycles. The Morgan fingerprint density at radius 2 is 1.94 bits per heavy atom. The molecule has 2 unspecified atom stereocenters. The summed E-state index contributed by atoms with van der Waals surface area (Å²) in [7, 11) is -4.46.